The summed E-state index contributed by atoms with van der Waals surface area (Å²) in [4.78, 5) is 25.8. The van der Waals surface area contributed by atoms with E-state index in [1.165, 1.54) is 18.3 Å². The summed E-state index contributed by atoms with van der Waals surface area (Å²) in [6.07, 6.45) is 3.99. The van der Waals surface area contributed by atoms with E-state index in [4.69, 9.17) is 16.3 Å². The molecule has 0 aliphatic carbocycles. The number of hydrogen-bond donors (Lipinski definition) is 0. The van der Waals surface area contributed by atoms with E-state index in [-0.39, 0.29) is 12.3 Å². The van der Waals surface area contributed by atoms with Crippen molar-refractivity contribution in [1.29, 1.82) is 0 Å². The van der Waals surface area contributed by atoms with Crippen LogP contribution >= 0.6 is 11.6 Å². The van der Waals surface area contributed by atoms with Crippen LogP contribution in [0, 0.1) is 10.1 Å². The molecule has 6 nitrogen and oxygen atoms in total. The molecule has 0 atom stereocenters. The molecule has 112 valence electrons. The van der Waals surface area contributed by atoms with Crippen LogP contribution < -0.4 is 0 Å². The van der Waals surface area contributed by atoms with Gasteiger partial charge in [0.15, 0.2) is 0 Å². The van der Waals surface area contributed by atoms with Crippen molar-refractivity contribution >= 4 is 29.3 Å². The van der Waals surface area contributed by atoms with Crippen LogP contribution in [-0.4, -0.2) is 15.9 Å². The molecule has 0 N–H and O–H groups in total. The van der Waals surface area contributed by atoms with Gasteiger partial charge in [-0.3, -0.25) is 10.1 Å². The third kappa shape index (κ3) is 4.39. The van der Waals surface area contributed by atoms with Gasteiger partial charge in [0, 0.05) is 23.9 Å². The molecule has 0 spiro atoms. The van der Waals surface area contributed by atoms with Crippen LogP contribution in [0.15, 0.2) is 48.7 Å². The Balaban J connectivity index is 1.97. The van der Waals surface area contributed by atoms with Gasteiger partial charge >= 0.3 is 5.97 Å². The third-order valence-electron chi connectivity index (χ3n) is 2.70. The first-order valence-electron chi connectivity index (χ1n) is 6.25. The average molecular weight is 319 g/mol. The normalized spacial score (nSPS) is 10.6. The van der Waals surface area contributed by atoms with E-state index in [2.05, 4.69) is 4.98 Å². The highest BCUT2D eigenvalue weighted by Crippen LogP contribution is 2.19. The van der Waals surface area contributed by atoms with Crippen LogP contribution in [-0.2, 0) is 16.1 Å². The summed E-state index contributed by atoms with van der Waals surface area (Å²) in [5, 5.41) is 11.2. The molecule has 0 bridgehead atoms. The molecule has 0 saturated heterocycles. The first-order valence-corrected chi connectivity index (χ1v) is 6.63. The largest absolute Gasteiger partial charge is 0.458 e. The molecule has 1 heterocycles. The highest BCUT2D eigenvalue weighted by atomic mass is 35.5. The second-order valence-electron chi connectivity index (χ2n) is 4.25. The Kier molecular flexibility index (Phi) is 5.21. The van der Waals surface area contributed by atoms with Crippen molar-refractivity contribution in [3.63, 3.8) is 0 Å². The molecule has 0 aliphatic heterocycles. The van der Waals surface area contributed by atoms with Crippen molar-refractivity contribution in [2.75, 3.05) is 0 Å². The molecular formula is C15H11ClN2O4. The standard InChI is InChI=1S/C15H11ClN2O4/c16-14-7-5-11(9-17-14)10-22-15(19)8-6-12-3-1-2-4-13(12)18(20)21/h1-9H,10H2/b8-6+. The maximum Gasteiger partial charge on any atom is 0.331 e. The van der Waals surface area contributed by atoms with Crippen LogP contribution in [0.3, 0.4) is 0 Å². The van der Waals surface area contributed by atoms with Gasteiger partial charge in [-0.15, -0.1) is 0 Å². The fourth-order valence-electron chi connectivity index (χ4n) is 1.65. The summed E-state index contributed by atoms with van der Waals surface area (Å²) in [5.41, 5.74) is 0.947. The quantitative estimate of drug-likeness (QED) is 0.277. The van der Waals surface area contributed by atoms with Crippen molar-refractivity contribution in [3.8, 4) is 0 Å². The van der Waals surface area contributed by atoms with Crippen molar-refractivity contribution in [2.45, 2.75) is 6.61 Å². The van der Waals surface area contributed by atoms with Gasteiger partial charge < -0.3 is 4.74 Å². The van der Waals surface area contributed by atoms with Gasteiger partial charge in [0.25, 0.3) is 5.69 Å². The Morgan fingerprint density at radius 3 is 2.77 bits per heavy atom. The number of halogens is 1. The minimum Gasteiger partial charge on any atom is -0.458 e. The first kappa shape index (κ1) is 15.7. The number of para-hydroxylation sites is 1. The Labute approximate surface area is 131 Å². The number of benzene rings is 1. The minimum atomic E-state index is -0.604. The van der Waals surface area contributed by atoms with Gasteiger partial charge in [0.2, 0.25) is 0 Å². The second kappa shape index (κ2) is 7.33. The molecule has 0 radical (unpaired) electrons. The van der Waals surface area contributed by atoms with Crippen LogP contribution in [0.2, 0.25) is 5.15 Å². The topological polar surface area (TPSA) is 82.3 Å². The highest BCUT2D eigenvalue weighted by Gasteiger charge is 2.10. The number of aromatic nitrogens is 1. The van der Waals surface area contributed by atoms with E-state index in [0.29, 0.717) is 16.3 Å². The molecule has 0 aliphatic rings. The number of carbonyl (C=O) groups excluding carboxylic acids is 1. The summed E-state index contributed by atoms with van der Waals surface area (Å²) >= 11 is 5.65. The maximum atomic E-state index is 11.6. The smallest absolute Gasteiger partial charge is 0.331 e. The molecule has 0 unspecified atom stereocenters. The number of hydrogen-bond acceptors (Lipinski definition) is 5. The van der Waals surface area contributed by atoms with Gasteiger partial charge in [-0.05, 0) is 18.2 Å². The number of nitro groups is 1. The monoisotopic (exact) mass is 318 g/mol. The van der Waals surface area contributed by atoms with Crippen LogP contribution in [0.5, 0.6) is 0 Å². The summed E-state index contributed by atoms with van der Waals surface area (Å²) in [6.45, 7) is 0.0459. The first-order chi connectivity index (χ1) is 10.6. The Morgan fingerprint density at radius 1 is 1.32 bits per heavy atom. The SMILES string of the molecule is O=C(/C=C/c1ccccc1[N+](=O)[O-])OCc1ccc(Cl)nc1. The van der Waals surface area contributed by atoms with Crippen molar-refractivity contribution in [1.82, 2.24) is 4.98 Å². The average Bonchev–Trinajstić information content (AvgIpc) is 2.52. The summed E-state index contributed by atoms with van der Waals surface area (Å²) < 4.78 is 5.01. The zero-order valence-electron chi connectivity index (χ0n) is 11.3. The van der Waals surface area contributed by atoms with Gasteiger partial charge in [0.1, 0.15) is 11.8 Å². The van der Waals surface area contributed by atoms with Crippen LogP contribution in [0.4, 0.5) is 5.69 Å². The third-order valence-corrected chi connectivity index (χ3v) is 2.93. The van der Waals surface area contributed by atoms with E-state index in [1.54, 1.807) is 30.3 Å². The molecule has 2 aromatic rings. The molecule has 0 amide bonds. The molecule has 22 heavy (non-hydrogen) atoms. The molecule has 1 aromatic heterocycles. The number of carbonyl (C=O) groups is 1. The number of esters is 1. The van der Waals surface area contributed by atoms with Crippen molar-refractivity contribution < 1.29 is 14.5 Å². The molecule has 0 saturated carbocycles. The van der Waals surface area contributed by atoms with Crippen LogP contribution in [0.1, 0.15) is 11.1 Å². The van der Waals surface area contributed by atoms with Gasteiger partial charge in [-0.2, -0.15) is 0 Å². The number of pyridine rings is 1. The summed E-state index contributed by atoms with van der Waals surface area (Å²) in [6, 6.07) is 9.40. The second-order valence-corrected chi connectivity index (χ2v) is 4.63. The Bertz CT molecular complexity index is 714. The van der Waals surface area contributed by atoms with E-state index < -0.39 is 10.9 Å². The van der Waals surface area contributed by atoms with E-state index in [1.807, 2.05) is 0 Å². The maximum absolute atomic E-state index is 11.6. The molecular weight excluding hydrogens is 308 g/mol. The highest BCUT2D eigenvalue weighted by molar-refractivity contribution is 6.29. The molecule has 2 rings (SSSR count). The fraction of sp³-hybridized carbons (Fsp3) is 0.0667. The molecule has 7 heteroatoms. The molecule has 0 fully saturated rings. The predicted octanol–water partition coefficient (Wildman–Crippen LogP) is 3.40. The lowest BCUT2D eigenvalue weighted by molar-refractivity contribution is -0.385. The Hall–Kier alpha value is -2.73. The lowest BCUT2D eigenvalue weighted by Crippen LogP contribution is -2.01. The summed E-state index contributed by atoms with van der Waals surface area (Å²) in [7, 11) is 0. The Morgan fingerprint density at radius 2 is 2.09 bits per heavy atom. The zero-order valence-corrected chi connectivity index (χ0v) is 12.1. The predicted molar refractivity (Wildman–Crippen MR) is 81.2 cm³/mol. The summed E-state index contributed by atoms with van der Waals surface area (Å²) in [5.74, 6) is -0.604. The number of ether oxygens (including phenoxy) is 1. The zero-order chi connectivity index (χ0) is 15.9. The van der Waals surface area contributed by atoms with Gasteiger partial charge in [-0.25, -0.2) is 9.78 Å². The van der Waals surface area contributed by atoms with Crippen molar-refractivity contribution in [2.24, 2.45) is 0 Å². The van der Waals surface area contributed by atoms with E-state index >= 15 is 0 Å². The van der Waals surface area contributed by atoms with Crippen molar-refractivity contribution in [3.05, 3.63) is 75.1 Å². The van der Waals surface area contributed by atoms with E-state index in [9.17, 15) is 14.9 Å². The minimum absolute atomic E-state index is 0.0459. The fourth-order valence-corrected chi connectivity index (χ4v) is 1.76. The number of nitrogens with zero attached hydrogens (tertiary/aromatic N) is 2. The lowest BCUT2D eigenvalue weighted by atomic mass is 10.1. The van der Waals surface area contributed by atoms with Gasteiger partial charge in [-0.1, -0.05) is 29.8 Å². The number of nitro benzene ring substituents is 1. The van der Waals surface area contributed by atoms with Crippen LogP contribution in [0.25, 0.3) is 6.08 Å². The van der Waals surface area contributed by atoms with E-state index in [0.717, 1.165) is 6.08 Å². The lowest BCUT2D eigenvalue weighted by Gasteiger charge is -2.02. The van der Waals surface area contributed by atoms with Gasteiger partial charge in [0.05, 0.1) is 10.5 Å². The molecule has 1 aromatic carbocycles. The number of rotatable bonds is 5.